The van der Waals surface area contributed by atoms with Gasteiger partial charge >= 0.3 is 0 Å². The first-order chi connectivity index (χ1) is 8.20. The van der Waals surface area contributed by atoms with Crippen molar-refractivity contribution in [2.75, 3.05) is 13.7 Å². The molecule has 3 nitrogen and oxygen atoms in total. The molecule has 0 unspecified atom stereocenters. The van der Waals surface area contributed by atoms with Crippen LogP contribution < -0.4 is 0 Å². The van der Waals surface area contributed by atoms with E-state index in [1.807, 2.05) is 18.2 Å². The zero-order valence-corrected chi connectivity index (χ0v) is 11.4. The lowest BCUT2D eigenvalue weighted by molar-refractivity contribution is 0.202. The van der Waals surface area contributed by atoms with Gasteiger partial charge in [-0.1, -0.05) is 29.0 Å². The fourth-order valence-electron chi connectivity index (χ4n) is 1.50. The highest BCUT2D eigenvalue weighted by Crippen LogP contribution is 2.30. The van der Waals surface area contributed by atoms with Gasteiger partial charge in [0.25, 0.3) is 0 Å². The first-order valence-corrected chi connectivity index (χ1v) is 6.54. The van der Waals surface area contributed by atoms with Crippen LogP contribution in [0.15, 0.2) is 18.2 Å². The van der Waals surface area contributed by atoms with Crippen molar-refractivity contribution < 1.29 is 4.74 Å². The van der Waals surface area contributed by atoms with Gasteiger partial charge in [0.15, 0.2) is 0 Å². The molecule has 17 heavy (non-hydrogen) atoms. The molecule has 0 amide bonds. The van der Waals surface area contributed by atoms with Gasteiger partial charge in [0.2, 0.25) is 4.47 Å². The minimum absolute atomic E-state index is 0.438. The fraction of sp³-hybridized carbons (Fsp3) is 0.273. The number of halogens is 2. The summed E-state index contributed by atoms with van der Waals surface area (Å²) in [5.41, 5.74) is 2.10. The second kappa shape index (κ2) is 5.78. The van der Waals surface area contributed by atoms with E-state index in [9.17, 15) is 0 Å². The van der Waals surface area contributed by atoms with E-state index < -0.39 is 0 Å². The summed E-state index contributed by atoms with van der Waals surface area (Å²) in [6.45, 7) is 0.639. The first kappa shape index (κ1) is 12.8. The summed E-state index contributed by atoms with van der Waals surface area (Å²) in [6.07, 6.45) is 0.781. The quantitative estimate of drug-likeness (QED) is 0.860. The van der Waals surface area contributed by atoms with Crippen LogP contribution in [0.5, 0.6) is 0 Å². The number of nitrogens with zero attached hydrogens (tertiary/aromatic N) is 2. The van der Waals surface area contributed by atoms with E-state index in [0.717, 1.165) is 22.6 Å². The number of benzene rings is 1. The lowest BCUT2D eigenvalue weighted by Crippen LogP contribution is -1.97. The summed E-state index contributed by atoms with van der Waals surface area (Å²) in [7, 11) is 1.67. The molecule has 1 heterocycles. The second-order valence-electron chi connectivity index (χ2n) is 3.40. The molecule has 0 spiro atoms. The van der Waals surface area contributed by atoms with Crippen molar-refractivity contribution in [3.05, 3.63) is 33.3 Å². The maximum absolute atomic E-state index is 5.99. The van der Waals surface area contributed by atoms with Crippen LogP contribution in [0.4, 0.5) is 0 Å². The van der Waals surface area contributed by atoms with Crippen molar-refractivity contribution in [1.82, 2.24) is 10.2 Å². The predicted octanol–water partition coefficient (Wildman–Crippen LogP) is 3.70. The molecule has 1 aromatic carbocycles. The standard InChI is InChI=1S/C11H10Cl2N2OS/c1-16-5-4-7-6-8(12)2-3-9(7)10-14-15-11(13)17-10/h2-3,6H,4-5H2,1H3. The lowest BCUT2D eigenvalue weighted by Gasteiger charge is -2.06. The topological polar surface area (TPSA) is 35.0 Å². The molecule has 0 saturated carbocycles. The maximum atomic E-state index is 5.99. The number of rotatable bonds is 4. The highest BCUT2D eigenvalue weighted by molar-refractivity contribution is 7.18. The molecule has 2 rings (SSSR count). The molecule has 1 aromatic heterocycles. The number of hydrogen-bond acceptors (Lipinski definition) is 4. The Morgan fingerprint density at radius 2 is 2.12 bits per heavy atom. The molecular weight excluding hydrogens is 279 g/mol. The van der Waals surface area contributed by atoms with Crippen LogP contribution >= 0.6 is 34.5 Å². The Morgan fingerprint density at radius 3 is 2.76 bits per heavy atom. The van der Waals surface area contributed by atoms with Gasteiger partial charge < -0.3 is 4.74 Å². The Kier molecular flexibility index (Phi) is 4.34. The van der Waals surface area contributed by atoms with Gasteiger partial charge in [0.05, 0.1) is 6.61 Å². The molecular formula is C11H10Cl2N2OS. The monoisotopic (exact) mass is 288 g/mol. The summed E-state index contributed by atoms with van der Waals surface area (Å²) < 4.78 is 5.52. The molecule has 0 atom stereocenters. The Hall–Kier alpha value is -0.680. The minimum Gasteiger partial charge on any atom is -0.384 e. The van der Waals surface area contributed by atoms with Crippen LogP contribution in [0.2, 0.25) is 9.49 Å². The highest BCUT2D eigenvalue weighted by Gasteiger charge is 2.10. The third-order valence-electron chi connectivity index (χ3n) is 2.27. The Labute approximate surface area is 113 Å². The second-order valence-corrected chi connectivity index (χ2v) is 5.40. The number of aromatic nitrogens is 2. The van der Waals surface area contributed by atoms with Crippen molar-refractivity contribution >= 4 is 34.5 Å². The van der Waals surface area contributed by atoms with E-state index in [0.29, 0.717) is 16.1 Å². The van der Waals surface area contributed by atoms with Gasteiger partial charge in [0, 0.05) is 17.7 Å². The van der Waals surface area contributed by atoms with Gasteiger partial charge in [-0.15, -0.1) is 10.2 Å². The normalized spacial score (nSPS) is 10.8. The van der Waals surface area contributed by atoms with E-state index in [1.165, 1.54) is 11.3 Å². The van der Waals surface area contributed by atoms with Crippen LogP contribution in [-0.2, 0) is 11.2 Å². The summed E-state index contributed by atoms with van der Waals surface area (Å²) in [5, 5.41) is 9.35. The van der Waals surface area contributed by atoms with Crippen molar-refractivity contribution in [2.24, 2.45) is 0 Å². The van der Waals surface area contributed by atoms with Crippen LogP contribution in [0.3, 0.4) is 0 Å². The van der Waals surface area contributed by atoms with E-state index in [-0.39, 0.29) is 0 Å². The molecule has 0 aliphatic carbocycles. The van der Waals surface area contributed by atoms with Crippen LogP contribution in [0.1, 0.15) is 5.56 Å². The minimum atomic E-state index is 0.438. The predicted molar refractivity (Wildman–Crippen MR) is 70.9 cm³/mol. The SMILES string of the molecule is COCCc1cc(Cl)ccc1-c1nnc(Cl)s1. The van der Waals surface area contributed by atoms with Gasteiger partial charge in [0.1, 0.15) is 5.01 Å². The molecule has 0 radical (unpaired) electrons. The van der Waals surface area contributed by atoms with E-state index >= 15 is 0 Å². The van der Waals surface area contributed by atoms with Crippen LogP contribution in [0.25, 0.3) is 10.6 Å². The first-order valence-electron chi connectivity index (χ1n) is 4.97. The van der Waals surface area contributed by atoms with E-state index in [1.54, 1.807) is 7.11 Å². The molecule has 0 bridgehead atoms. The number of hydrogen-bond donors (Lipinski definition) is 0. The van der Waals surface area contributed by atoms with Crippen molar-refractivity contribution in [3.8, 4) is 10.6 Å². The van der Waals surface area contributed by atoms with E-state index in [2.05, 4.69) is 10.2 Å². The van der Waals surface area contributed by atoms with Gasteiger partial charge in [-0.2, -0.15) is 0 Å². The third-order valence-corrected chi connectivity index (χ3v) is 3.56. The summed E-state index contributed by atoms with van der Waals surface area (Å²) in [6, 6.07) is 5.69. The molecule has 6 heteroatoms. The average Bonchev–Trinajstić information content (AvgIpc) is 2.73. The third kappa shape index (κ3) is 3.16. The molecule has 0 aliphatic rings. The molecule has 0 fully saturated rings. The Balaban J connectivity index is 2.38. The Morgan fingerprint density at radius 1 is 1.29 bits per heavy atom. The fourth-order valence-corrected chi connectivity index (χ4v) is 2.59. The van der Waals surface area contributed by atoms with Gasteiger partial charge in [-0.3, -0.25) is 0 Å². The highest BCUT2D eigenvalue weighted by atomic mass is 35.5. The molecule has 0 aliphatic heterocycles. The molecule has 0 saturated heterocycles. The zero-order valence-electron chi connectivity index (χ0n) is 9.11. The smallest absolute Gasteiger partial charge is 0.207 e. The Bertz CT molecular complexity index is 516. The zero-order chi connectivity index (χ0) is 12.3. The van der Waals surface area contributed by atoms with Crippen LogP contribution in [0, 0.1) is 0 Å². The number of methoxy groups -OCH3 is 1. The van der Waals surface area contributed by atoms with Crippen molar-refractivity contribution in [1.29, 1.82) is 0 Å². The summed E-state index contributed by atoms with van der Waals surface area (Å²) in [4.78, 5) is 0. The summed E-state index contributed by atoms with van der Waals surface area (Å²) >= 11 is 13.1. The summed E-state index contributed by atoms with van der Waals surface area (Å²) in [5.74, 6) is 0. The van der Waals surface area contributed by atoms with Crippen molar-refractivity contribution in [2.45, 2.75) is 6.42 Å². The van der Waals surface area contributed by atoms with Gasteiger partial charge in [-0.05, 0) is 35.7 Å². The van der Waals surface area contributed by atoms with E-state index in [4.69, 9.17) is 27.9 Å². The van der Waals surface area contributed by atoms with Crippen molar-refractivity contribution in [3.63, 3.8) is 0 Å². The maximum Gasteiger partial charge on any atom is 0.207 e. The largest absolute Gasteiger partial charge is 0.384 e. The molecule has 0 N–H and O–H groups in total. The average molecular weight is 289 g/mol. The van der Waals surface area contributed by atoms with Gasteiger partial charge in [-0.25, -0.2) is 0 Å². The molecule has 2 aromatic rings. The molecule has 90 valence electrons. The van der Waals surface area contributed by atoms with Crippen LogP contribution in [-0.4, -0.2) is 23.9 Å². The lowest BCUT2D eigenvalue weighted by atomic mass is 10.1. The number of ether oxygens (including phenoxy) is 1.